The molecule has 0 aromatic carbocycles. The molecule has 0 aliphatic carbocycles. The highest BCUT2D eigenvalue weighted by molar-refractivity contribution is 4.76. The second-order valence-corrected chi connectivity index (χ2v) is 4.04. The topological polar surface area (TPSA) is 24.1 Å². The molecule has 1 atom stereocenters. The molecule has 0 spiro atoms. The minimum absolute atomic E-state index is 0.296. The van der Waals surface area contributed by atoms with Crippen LogP contribution in [-0.2, 0) is 0 Å². The molecular weight excluding hydrogens is 136 g/mol. The normalized spacial score (nSPS) is 15.0. The van der Waals surface area contributed by atoms with Gasteiger partial charge >= 0.3 is 0 Å². The van der Waals surface area contributed by atoms with E-state index in [1.807, 2.05) is 7.05 Å². The van der Waals surface area contributed by atoms with Gasteiger partial charge < -0.3 is 10.6 Å². The molecule has 2 nitrogen and oxygen atoms in total. The average Bonchev–Trinajstić information content (AvgIpc) is 1.87. The first-order valence-corrected chi connectivity index (χ1v) is 4.43. The minimum atomic E-state index is 0.296. The van der Waals surface area contributed by atoms with Crippen LogP contribution in [0.15, 0.2) is 0 Å². The molecule has 2 N–H and O–H groups in total. The smallest absolute Gasteiger partial charge is 0.0619 e. The van der Waals surface area contributed by atoms with Crippen LogP contribution in [0.1, 0.15) is 34.1 Å². The van der Waals surface area contributed by atoms with E-state index in [2.05, 4.69) is 38.3 Å². The fourth-order valence-corrected chi connectivity index (χ4v) is 1.13. The molecule has 0 amide bonds. The number of nitrogens with one attached hydrogen (secondary N) is 2. The second kappa shape index (κ2) is 4.73. The molecule has 0 fully saturated rings. The third-order valence-corrected chi connectivity index (χ3v) is 1.75. The Morgan fingerprint density at radius 1 is 1.27 bits per heavy atom. The molecule has 11 heavy (non-hydrogen) atoms. The highest BCUT2D eigenvalue weighted by Crippen LogP contribution is 2.16. The Morgan fingerprint density at radius 3 is 2.09 bits per heavy atom. The Balaban J connectivity index is 3.76. The largest absolute Gasteiger partial charge is 0.305 e. The average molecular weight is 158 g/mol. The molecule has 68 valence electrons. The Kier molecular flexibility index (Phi) is 4.69. The van der Waals surface area contributed by atoms with Gasteiger partial charge in [-0.2, -0.15) is 0 Å². The molecule has 0 radical (unpaired) electrons. The molecule has 0 saturated carbocycles. The maximum absolute atomic E-state index is 3.45. The van der Waals surface area contributed by atoms with E-state index >= 15 is 0 Å². The summed E-state index contributed by atoms with van der Waals surface area (Å²) >= 11 is 0. The van der Waals surface area contributed by atoms with Crippen LogP contribution in [0, 0.1) is 5.41 Å². The molecule has 0 aromatic heterocycles. The van der Waals surface area contributed by atoms with Gasteiger partial charge in [-0.3, -0.25) is 0 Å². The predicted molar refractivity (Wildman–Crippen MR) is 50.6 cm³/mol. The van der Waals surface area contributed by atoms with Crippen LogP contribution >= 0.6 is 0 Å². The van der Waals surface area contributed by atoms with E-state index in [0.717, 1.165) is 6.54 Å². The van der Waals surface area contributed by atoms with E-state index in [1.54, 1.807) is 0 Å². The summed E-state index contributed by atoms with van der Waals surface area (Å²) in [5.41, 5.74) is 0.296. The van der Waals surface area contributed by atoms with Crippen LogP contribution in [0.3, 0.4) is 0 Å². The summed E-state index contributed by atoms with van der Waals surface area (Å²) in [4.78, 5) is 0. The van der Waals surface area contributed by atoms with Crippen molar-refractivity contribution in [2.75, 3.05) is 13.6 Å². The van der Waals surface area contributed by atoms with E-state index in [0.29, 0.717) is 11.6 Å². The van der Waals surface area contributed by atoms with Gasteiger partial charge in [0.05, 0.1) is 6.17 Å². The fourth-order valence-electron chi connectivity index (χ4n) is 1.13. The van der Waals surface area contributed by atoms with Crippen molar-refractivity contribution in [1.82, 2.24) is 10.6 Å². The zero-order valence-electron chi connectivity index (χ0n) is 8.49. The number of hydrogen-bond donors (Lipinski definition) is 2. The van der Waals surface area contributed by atoms with Gasteiger partial charge in [-0.05, 0) is 25.4 Å². The zero-order chi connectivity index (χ0) is 8.91. The van der Waals surface area contributed by atoms with E-state index in [4.69, 9.17) is 0 Å². The quantitative estimate of drug-likeness (QED) is 0.607. The van der Waals surface area contributed by atoms with Gasteiger partial charge in [0, 0.05) is 0 Å². The SMILES string of the molecule is CCCNC(NC)C(C)(C)C. The highest BCUT2D eigenvalue weighted by Gasteiger charge is 2.21. The second-order valence-electron chi connectivity index (χ2n) is 4.04. The Hall–Kier alpha value is -0.0800. The van der Waals surface area contributed by atoms with Gasteiger partial charge in [-0.1, -0.05) is 27.7 Å². The molecule has 1 unspecified atom stereocenters. The van der Waals surface area contributed by atoms with Gasteiger partial charge in [0.25, 0.3) is 0 Å². The summed E-state index contributed by atoms with van der Waals surface area (Å²) < 4.78 is 0. The van der Waals surface area contributed by atoms with Crippen molar-refractivity contribution in [2.45, 2.75) is 40.3 Å². The van der Waals surface area contributed by atoms with Crippen LogP contribution in [0.4, 0.5) is 0 Å². The first-order valence-electron chi connectivity index (χ1n) is 4.43. The van der Waals surface area contributed by atoms with Crippen molar-refractivity contribution in [3.63, 3.8) is 0 Å². The van der Waals surface area contributed by atoms with E-state index in [-0.39, 0.29) is 0 Å². The summed E-state index contributed by atoms with van der Waals surface area (Å²) in [7, 11) is 2.00. The lowest BCUT2D eigenvalue weighted by atomic mass is 9.92. The minimum Gasteiger partial charge on any atom is -0.305 e. The van der Waals surface area contributed by atoms with Crippen molar-refractivity contribution in [2.24, 2.45) is 5.41 Å². The van der Waals surface area contributed by atoms with E-state index in [1.165, 1.54) is 6.42 Å². The van der Waals surface area contributed by atoms with Gasteiger partial charge in [0.2, 0.25) is 0 Å². The zero-order valence-corrected chi connectivity index (χ0v) is 8.49. The molecular formula is C9H22N2. The van der Waals surface area contributed by atoms with Crippen molar-refractivity contribution in [3.8, 4) is 0 Å². The number of hydrogen-bond acceptors (Lipinski definition) is 2. The Morgan fingerprint density at radius 2 is 1.82 bits per heavy atom. The lowest BCUT2D eigenvalue weighted by Crippen LogP contribution is -2.49. The van der Waals surface area contributed by atoms with Crippen LogP contribution in [0.5, 0.6) is 0 Å². The lowest BCUT2D eigenvalue weighted by molar-refractivity contribution is 0.238. The van der Waals surface area contributed by atoms with Crippen LogP contribution < -0.4 is 10.6 Å². The summed E-state index contributed by atoms with van der Waals surface area (Å²) in [5, 5.41) is 6.71. The van der Waals surface area contributed by atoms with Crippen LogP contribution in [0.25, 0.3) is 0 Å². The molecule has 0 aliphatic rings. The molecule has 2 heteroatoms. The summed E-state index contributed by atoms with van der Waals surface area (Å²) in [6.07, 6.45) is 1.61. The van der Waals surface area contributed by atoms with Gasteiger partial charge in [-0.25, -0.2) is 0 Å². The van der Waals surface area contributed by atoms with Crippen molar-refractivity contribution < 1.29 is 0 Å². The highest BCUT2D eigenvalue weighted by atomic mass is 15.1. The molecule has 0 saturated heterocycles. The molecule has 0 bridgehead atoms. The lowest BCUT2D eigenvalue weighted by Gasteiger charge is -2.31. The maximum atomic E-state index is 3.45. The third-order valence-electron chi connectivity index (χ3n) is 1.75. The summed E-state index contributed by atoms with van der Waals surface area (Å²) in [5.74, 6) is 0. The third kappa shape index (κ3) is 4.38. The first-order chi connectivity index (χ1) is 5.02. The standard InChI is InChI=1S/C9H22N2/c1-6-7-11-8(10-5)9(2,3)4/h8,10-11H,6-7H2,1-5H3. The summed E-state index contributed by atoms with van der Waals surface area (Å²) in [6, 6.07) is 0. The number of rotatable bonds is 4. The summed E-state index contributed by atoms with van der Waals surface area (Å²) in [6.45, 7) is 9.97. The van der Waals surface area contributed by atoms with Crippen LogP contribution in [0.2, 0.25) is 0 Å². The van der Waals surface area contributed by atoms with Crippen molar-refractivity contribution >= 4 is 0 Å². The van der Waals surface area contributed by atoms with Crippen LogP contribution in [-0.4, -0.2) is 19.8 Å². The predicted octanol–water partition coefficient (Wildman–Crippen LogP) is 1.58. The van der Waals surface area contributed by atoms with Gasteiger partial charge in [-0.15, -0.1) is 0 Å². The maximum Gasteiger partial charge on any atom is 0.0619 e. The van der Waals surface area contributed by atoms with E-state index in [9.17, 15) is 0 Å². The van der Waals surface area contributed by atoms with Crippen molar-refractivity contribution in [3.05, 3.63) is 0 Å². The Bertz CT molecular complexity index is 94.2. The van der Waals surface area contributed by atoms with E-state index < -0.39 is 0 Å². The molecule has 0 aromatic rings. The Labute approximate surface area is 70.8 Å². The monoisotopic (exact) mass is 158 g/mol. The first kappa shape index (κ1) is 10.9. The molecule has 0 heterocycles. The molecule has 0 aliphatic heterocycles. The van der Waals surface area contributed by atoms with Crippen molar-refractivity contribution in [1.29, 1.82) is 0 Å². The van der Waals surface area contributed by atoms with Gasteiger partial charge in [0.15, 0.2) is 0 Å². The molecule has 0 rings (SSSR count). The fraction of sp³-hybridized carbons (Fsp3) is 1.00. The van der Waals surface area contributed by atoms with Gasteiger partial charge in [0.1, 0.15) is 0 Å².